The third-order valence-electron chi connectivity index (χ3n) is 2.91. The molecular weight excluding hydrogens is 136 g/mol. The van der Waals surface area contributed by atoms with Gasteiger partial charge in [-0.2, -0.15) is 0 Å². The summed E-state index contributed by atoms with van der Waals surface area (Å²) in [6.45, 7) is 4.44. The van der Waals surface area contributed by atoms with E-state index in [1.54, 1.807) is 0 Å². The van der Waals surface area contributed by atoms with Gasteiger partial charge in [-0.05, 0) is 31.6 Å². The molecule has 0 saturated heterocycles. The van der Waals surface area contributed by atoms with Crippen LogP contribution in [-0.4, -0.2) is 6.29 Å². The summed E-state index contributed by atoms with van der Waals surface area (Å²) in [5.74, 6) is 0. The van der Waals surface area contributed by atoms with Crippen LogP contribution in [-0.2, 0) is 4.79 Å². The van der Waals surface area contributed by atoms with Crippen molar-refractivity contribution in [2.75, 3.05) is 0 Å². The second-order valence-corrected chi connectivity index (χ2v) is 3.69. The van der Waals surface area contributed by atoms with Gasteiger partial charge in [-0.25, -0.2) is 0 Å². The fraction of sp³-hybridized carbons (Fsp3) is 0.700. The lowest BCUT2D eigenvalue weighted by atomic mass is 9.80. The van der Waals surface area contributed by atoms with E-state index in [1.807, 2.05) is 0 Å². The van der Waals surface area contributed by atoms with Crippen molar-refractivity contribution in [2.24, 2.45) is 5.41 Å². The molecule has 0 fully saturated rings. The zero-order valence-corrected chi connectivity index (χ0v) is 7.39. The van der Waals surface area contributed by atoms with Crippen molar-refractivity contribution in [3.05, 3.63) is 11.6 Å². The van der Waals surface area contributed by atoms with Crippen molar-refractivity contribution in [1.82, 2.24) is 0 Å². The Morgan fingerprint density at radius 1 is 1.73 bits per heavy atom. The van der Waals surface area contributed by atoms with Crippen LogP contribution in [0.25, 0.3) is 0 Å². The molecule has 1 nitrogen and oxygen atoms in total. The van der Waals surface area contributed by atoms with E-state index in [0.29, 0.717) is 11.8 Å². The second kappa shape index (κ2) is 3.21. The standard InChI is InChI=1S/C10H16O/c1-9-5-3-6-10(9,2)7-4-8-11/h5,8H,3-4,6-7H2,1-2H3. The molecule has 0 aromatic heterocycles. The van der Waals surface area contributed by atoms with Crippen LogP contribution in [0.2, 0.25) is 0 Å². The predicted octanol–water partition coefficient (Wildman–Crippen LogP) is 2.71. The van der Waals surface area contributed by atoms with Crippen LogP contribution < -0.4 is 0 Å². The van der Waals surface area contributed by atoms with Crippen LogP contribution in [0.5, 0.6) is 0 Å². The van der Waals surface area contributed by atoms with Gasteiger partial charge in [0.25, 0.3) is 0 Å². The SMILES string of the molecule is CC1=CCCC1(C)CCC=O. The van der Waals surface area contributed by atoms with Crippen molar-refractivity contribution in [3.8, 4) is 0 Å². The molecule has 1 atom stereocenters. The van der Waals surface area contributed by atoms with E-state index < -0.39 is 0 Å². The minimum atomic E-state index is 0.334. The van der Waals surface area contributed by atoms with E-state index in [1.165, 1.54) is 18.4 Å². The zero-order chi connectivity index (χ0) is 8.32. The van der Waals surface area contributed by atoms with E-state index in [0.717, 1.165) is 12.7 Å². The minimum Gasteiger partial charge on any atom is -0.303 e. The van der Waals surface area contributed by atoms with Gasteiger partial charge in [-0.1, -0.05) is 18.6 Å². The average molecular weight is 152 g/mol. The maximum Gasteiger partial charge on any atom is 0.120 e. The molecule has 1 rings (SSSR count). The number of allylic oxidation sites excluding steroid dienone is 2. The quantitative estimate of drug-likeness (QED) is 0.449. The van der Waals surface area contributed by atoms with Crippen LogP contribution in [0, 0.1) is 5.41 Å². The topological polar surface area (TPSA) is 17.1 Å². The van der Waals surface area contributed by atoms with Gasteiger partial charge in [0.05, 0.1) is 0 Å². The van der Waals surface area contributed by atoms with E-state index in [-0.39, 0.29) is 0 Å². The summed E-state index contributed by atoms with van der Waals surface area (Å²) in [4.78, 5) is 10.2. The Morgan fingerprint density at radius 2 is 2.45 bits per heavy atom. The minimum absolute atomic E-state index is 0.334. The van der Waals surface area contributed by atoms with Crippen molar-refractivity contribution in [2.45, 2.75) is 39.5 Å². The smallest absolute Gasteiger partial charge is 0.120 e. The molecule has 0 amide bonds. The fourth-order valence-corrected chi connectivity index (χ4v) is 1.75. The van der Waals surface area contributed by atoms with E-state index in [2.05, 4.69) is 19.9 Å². The molecule has 0 spiro atoms. The summed E-state index contributed by atoms with van der Waals surface area (Å²) in [7, 11) is 0. The molecule has 11 heavy (non-hydrogen) atoms. The molecule has 0 bridgehead atoms. The molecule has 1 unspecified atom stereocenters. The lowest BCUT2D eigenvalue weighted by Crippen LogP contribution is -2.13. The first kappa shape index (κ1) is 8.51. The molecule has 62 valence electrons. The number of rotatable bonds is 3. The molecule has 1 heteroatoms. The Morgan fingerprint density at radius 3 is 2.91 bits per heavy atom. The van der Waals surface area contributed by atoms with Gasteiger partial charge in [0, 0.05) is 6.42 Å². The lowest BCUT2D eigenvalue weighted by Gasteiger charge is -2.24. The van der Waals surface area contributed by atoms with Crippen LogP contribution in [0.3, 0.4) is 0 Å². The van der Waals surface area contributed by atoms with Crippen molar-refractivity contribution < 1.29 is 4.79 Å². The maximum atomic E-state index is 10.2. The van der Waals surface area contributed by atoms with E-state index >= 15 is 0 Å². The fourth-order valence-electron chi connectivity index (χ4n) is 1.75. The van der Waals surface area contributed by atoms with Gasteiger partial charge in [-0.3, -0.25) is 0 Å². The predicted molar refractivity (Wildman–Crippen MR) is 46.4 cm³/mol. The Bertz CT molecular complexity index is 181. The molecule has 0 N–H and O–H groups in total. The summed E-state index contributed by atoms with van der Waals surface area (Å²) >= 11 is 0. The maximum absolute atomic E-state index is 10.2. The number of carbonyl (C=O) groups excluding carboxylic acids is 1. The molecule has 0 aliphatic heterocycles. The van der Waals surface area contributed by atoms with Gasteiger partial charge in [0.2, 0.25) is 0 Å². The van der Waals surface area contributed by atoms with E-state index in [4.69, 9.17) is 0 Å². The molecule has 0 aromatic rings. The average Bonchev–Trinajstić information content (AvgIpc) is 2.30. The molecule has 1 aliphatic rings. The van der Waals surface area contributed by atoms with Crippen LogP contribution in [0.4, 0.5) is 0 Å². The lowest BCUT2D eigenvalue weighted by molar-refractivity contribution is -0.108. The van der Waals surface area contributed by atoms with Gasteiger partial charge in [-0.15, -0.1) is 0 Å². The Kier molecular flexibility index (Phi) is 2.48. The van der Waals surface area contributed by atoms with Crippen LogP contribution in [0.1, 0.15) is 39.5 Å². The number of hydrogen-bond acceptors (Lipinski definition) is 1. The Balaban J connectivity index is 2.52. The first-order valence-electron chi connectivity index (χ1n) is 4.30. The highest BCUT2D eigenvalue weighted by molar-refractivity contribution is 5.49. The Hall–Kier alpha value is -0.590. The molecule has 1 aliphatic carbocycles. The van der Waals surface area contributed by atoms with Gasteiger partial charge >= 0.3 is 0 Å². The van der Waals surface area contributed by atoms with Gasteiger partial charge in [0.15, 0.2) is 0 Å². The van der Waals surface area contributed by atoms with E-state index in [9.17, 15) is 4.79 Å². The van der Waals surface area contributed by atoms with Crippen molar-refractivity contribution >= 4 is 6.29 Å². The number of hydrogen-bond donors (Lipinski definition) is 0. The summed E-state index contributed by atoms with van der Waals surface area (Å²) in [5, 5.41) is 0. The number of aldehydes is 1. The highest BCUT2D eigenvalue weighted by Crippen LogP contribution is 2.41. The number of carbonyl (C=O) groups is 1. The zero-order valence-electron chi connectivity index (χ0n) is 7.39. The second-order valence-electron chi connectivity index (χ2n) is 3.69. The Labute approximate surface area is 68.5 Å². The first-order valence-corrected chi connectivity index (χ1v) is 4.30. The molecule has 0 radical (unpaired) electrons. The van der Waals surface area contributed by atoms with Crippen molar-refractivity contribution in [1.29, 1.82) is 0 Å². The van der Waals surface area contributed by atoms with Crippen LogP contribution >= 0.6 is 0 Å². The van der Waals surface area contributed by atoms with Gasteiger partial charge < -0.3 is 4.79 Å². The largest absolute Gasteiger partial charge is 0.303 e. The van der Waals surface area contributed by atoms with Crippen LogP contribution in [0.15, 0.2) is 11.6 Å². The monoisotopic (exact) mass is 152 g/mol. The van der Waals surface area contributed by atoms with Gasteiger partial charge in [0.1, 0.15) is 6.29 Å². The normalized spacial score (nSPS) is 30.2. The molecule has 0 heterocycles. The first-order chi connectivity index (χ1) is 5.19. The third kappa shape index (κ3) is 1.70. The summed E-state index contributed by atoms with van der Waals surface area (Å²) in [6, 6.07) is 0. The summed E-state index contributed by atoms with van der Waals surface area (Å²) in [6.07, 6.45) is 7.48. The van der Waals surface area contributed by atoms with Crippen molar-refractivity contribution in [3.63, 3.8) is 0 Å². The summed E-state index contributed by atoms with van der Waals surface area (Å²) < 4.78 is 0. The summed E-state index contributed by atoms with van der Waals surface area (Å²) in [5.41, 5.74) is 1.81. The molecule has 0 saturated carbocycles. The molecule has 0 aromatic carbocycles. The highest BCUT2D eigenvalue weighted by atomic mass is 16.1. The third-order valence-corrected chi connectivity index (χ3v) is 2.91. The molecular formula is C10H16O. The highest BCUT2D eigenvalue weighted by Gasteiger charge is 2.28.